The number of hydrogen-bond donors (Lipinski definition) is 0. The number of ketones is 1. The Balaban J connectivity index is 0. The third-order valence-electron chi connectivity index (χ3n) is 0. The molecule has 0 N–H and O–H groups in total. The van der Waals surface area contributed by atoms with Crippen LogP contribution in [-0.2, 0) is 4.79 Å². The molecule has 0 radical (unpaired) electrons. The maximum atomic E-state index is 9.44. The third-order valence-corrected chi connectivity index (χ3v) is 0. The molecular weight excluding hydrogens is 260 g/mol. The van der Waals surface area contributed by atoms with E-state index >= 15 is 0 Å². The summed E-state index contributed by atoms with van der Waals surface area (Å²) in [5, 5.41) is 0. The Bertz CT molecular complexity index is 104. The van der Waals surface area contributed by atoms with Crippen LogP contribution < -0.4 is 0 Å². The fourth-order valence-corrected chi connectivity index (χ4v) is 0. The van der Waals surface area contributed by atoms with Gasteiger partial charge in [-0.2, -0.15) is 0 Å². The molecule has 0 bridgehead atoms. The summed E-state index contributed by atoms with van der Waals surface area (Å²) in [4.78, 5) is 9.44. The number of carbonyl (C=O) groups excluding carboxylic acids is 1. The van der Waals surface area contributed by atoms with Crippen molar-refractivity contribution in [1.82, 2.24) is 0 Å². The van der Waals surface area contributed by atoms with Gasteiger partial charge in [-0.1, -0.05) is 0 Å². The zero-order chi connectivity index (χ0) is 9.02. The van der Waals surface area contributed by atoms with Crippen LogP contribution in [0.15, 0.2) is 0 Å². The van der Waals surface area contributed by atoms with Gasteiger partial charge < -0.3 is 4.79 Å². The van der Waals surface area contributed by atoms with Crippen LogP contribution >= 0.6 is 59.6 Å². The van der Waals surface area contributed by atoms with Gasteiger partial charge in [0, 0.05) is 0 Å². The molecular formula is C3H6Cl5OP. The van der Waals surface area contributed by atoms with E-state index in [9.17, 15) is 4.79 Å². The summed E-state index contributed by atoms with van der Waals surface area (Å²) in [6.45, 7) is 3.06. The fraction of sp³-hybridized carbons (Fsp3) is 0.667. The van der Waals surface area contributed by atoms with Crippen molar-refractivity contribution >= 4 is 65.4 Å². The molecule has 0 unspecified atom stereocenters. The molecule has 64 valence electrons. The second kappa shape index (κ2) is 4.54. The average molecular weight is 266 g/mol. The van der Waals surface area contributed by atoms with E-state index in [4.69, 9.17) is 56.2 Å². The molecule has 0 amide bonds. The van der Waals surface area contributed by atoms with Crippen molar-refractivity contribution in [3.05, 3.63) is 0 Å². The summed E-state index contributed by atoms with van der Waals surface area (Å²) >= 11 is 24.9. The van der Waals surface area contributed by atoms with Gasteiger partial charge in [-0.3, -0.25) is 0 Å². The van der Waals surface area contributed by atoms with Crippen molar-refractivity contribution < 1.29 is 4.79 Å². The van der Waals surface area contributed by atoms with Gasteiger partial charge in [-0.15, -0.1) is 0 Å². The standard InChI is InChI=1S/C3H6O.Cl5P/c1-3(2)4;1-6(2,3,4)5/h1-2H3;. The molecule has 0 aliphatic heterocycles. The van der Waals surface area contributed by atoms with E-state index in [0.29, 0.717) is 0 Å². The molecule has 7 heteroatoms. The zero-order valence-corrected chi connectivity index (χ0v) is 9.92. The van der Waals surface area contributed by atoms with Crippen LogP contribution in [0.4, 0.5) is 0 Å². The van der Waals surface area contributed by atoms with Crippen LogP contribution in [0.5, 0.6) is 0 Å². The molecule has 10 heavy (non-hydrogen) atoms. The monoisotopic (exact) mass is 264 g/mol. The first-order valence-corrected chi connectivity index (χ1v) is 8.81. The van der Waals surface area contributed by atoms with Crippen molar-refractivity contribution in [3.8, 4) is 0 Å². The van der Waals surface area contributed by atoms with Gasteiger partial charge in [0.05, 0.1) is 0 Å². The number of hydrogen-bond acceptors (Lipinski definition) is 1. The predicted molar refractivity (Wildman–Crippen MR) is 52.5 cm³/mol. The molecule has 0 fully saturated rings. The molecule has 0 aromatic rings. The van der Waals surface area contributed by atoms with Crippen molar-refractivity contribution in [1.29, 1.82) is 0 Å². The summed E-state index contributed by atoms with van der Waals surface area (Å²) in [5.41, 5.74) is 0. The van der Waals surface area contributed by atoms with Gasteiger partial charge in [0.2, 0.25) is 0 Å². The van der Waals surface area contributed by atoms with E-state index in [1.807, 2.05) is 0 Å². The Morgan fingerprint density at radius 2 is 1.00 bits per heavy atom. The van der Waals surface area contributed by atoms with Gasteiger partial charge >= 0.3 is 59.6 Å². The first-order chi connectivity index (χ1) is 3.97. The van der Waals surface area contributed by atoms with E-state index in [1.165, 1.54) is 13.8 Å². The van der Waals surface area contributed by atoms with Gasteiger partial charge in [0.25, 0.3) is 0 Å². The Labute approximate surface area is 83.8 Å². The first-order valence-electron chi connectivity index (χ1n) is 2.05. The number of rotatable bonds is 0. The molecule has 0 spiro atoms. The molecule has 1 nitrogen and oxygen atoms in total. The minimum atomic E-state index is -3.69. The summed E-state index contributed by atoms with van der Waals surface area (Å²) in [6.07, 6.45) is 0. The van der Waals surface area contributed by atoms with Crippen LogP contribution in [0.1, 0.15) is 13.8 Å². The Morgan fingerprint density at radius 1 is 1.00 bits per heavy atom. The quantitative estimate of drug-likeness (QED) is 0.570. The average Bonchev–Trinajstić information content (AvgIpc) is 1.14. The van der Waals surface area contributed by atoms with E-state index in [0.717, 1.165) is 0 Å². The summed E-state index contributed by atoms with van der Waals surface area (Å²) in [6, 6.07) is 0. The number of carbonyl (C=O) groups is 1. The number of Topliss-reactive ketones (excluding diaryl/α,β-unsaturated/α-hetero) is 1. The normalized spacial score (nSPS) is 14.1. The molecule has 0 saturated heterocycles. The van der Waals surface area contributed by atoms with Crippen molar-refractivity contribution in [2.24, 2.45) is 0 Å². The second-order valence-corrected chi connectivity index (χ2v) is 18.2. The first kappa shape index (κ1) is 14.1. The molecule has 0 aliphatic carbocycles. The van der Waals surface area contributed by atoms with Crippen molar-refractivity contribution in [2.45, 2.75) is 13.8 Å². The number of halogens is 5. The summed E-state index contributed by atoms with van der Waals surface area (Å²) < 4.78 is -3.69. The van der Waals surface area contributed by atoms with Crippen LogP contribution in [0.2, 0.25) is 0 Å². The zero-order valence-electron chi connectivity index (χ0n) is 5.25. The maximum absolute atomic E-state index is 9.44. The van der Waals surface area contributed by atoms with Gasteiger partial charge in [0.1, 0.15) is 5.78 Å². The molecule has 0 rings (SSSR count). The van der Waals surface area contributed by atoms with Gasteiger partial charge in [0.15, 0.2) is 0 Å². The van der Waals surface area contributed by atoms with Crippen molar-refractivity contribution in [2.75, 3.05) is 0 Å². The van der Waals surface area contributed by atoms with Crippen molar-refractivity contribution in [3.63, 3.8) is 0 Å². The Hall–Kier alpha value is 1.55. The second-order valence-electron chi connectivity index (χ2n) is 1.55. The topological polar surface area (TPSA) is 17.1 Å². The van der Waals surface area contributed by atoms with Crippen LogP contribution in [0, 0.1) is 0 Å². The predicted octanol–water partition coefficient (Wildman–Crippen LogP) is 4.90. The molecule has 0 saturated carbocycles. The van der Waals surface area contributed by atoms with Crippen LogP contribution in [-0.4, -0.2) is 5.78 Å². The van der Waals surface area contributed by atoms with E-state index in [-0.39, 0.29) is 5.78 Å². The Kier molecular flexibility index (Phi) is 6.41. The summed E-state index contributed by atoms with van der Waals surface area (Å²) in [7, 11) is 0. The van der Waals surface area contributed by atoms with Gasteiger partial charge in [-0.05, 0) is 13.8 Å². The van der Waals surface area contributed by atoms with Crippen LogP contribution in [0.3, 0.4) is 0 Å². The molecule has 0 atom stereocenters. The van der Waals surface area contributed by atoms with Gasteiger partial charge in [-0.25, -0.2) is 0 Å². The molecule has 0 aliphatic rings. The molecule has 0 aromatic heterocycles. The third kappa shape index (κ3) is 291. The van der Waals surface area contributed by atoms with E-state index < -0.39 is 3.37 Å². The molecule has 0 aromatic carbocycles. The minimum absolute atomic E-state index is 0.167. The Morgan fingerprint density at radius 3 is 1.00 bits per heavy atom. The summed E-state index contributed by atoms with van der Waals surface area (Å²) in [5.74, 6) is 0.167. The fourth-order valence-electron chi connectivity index (χ4n) is 0. The SMILES string of the molecule is CC(C)=O.ClP(Cl)(Cl)(Cl)Cl. The van der Waals surface area contributed by atoms with E-state index in [2.05, 4.69) is 0 Å². The molecule has 0 heterocycles. The van der Waals surface area contributed by atoms with Crippen LogP contribution in [0.25, 0.3) is 0 Å². The van der Waals surface area contributed by atoms with E-state index in [1.54, 1.807) is 0 Å².